The molecule has 1 aliphatic heterocycles. The fourth-order valence-corrected chi connectivity index (χ4v) is 3.41. The van der Waals surface area contributed by atoms with E-state index in [1.54, 1.807) is 0 Å². The van der Waals surface area contributed by atoms with E-state index < -0.39 is 0 Å². The molecule has 1 aliphatic rings. The van der Waals surface area contributed by atoms with Gasteiger partial charge in [0.1, 0.15) is 5.82 Å². The fraction of sp³-hybridized carbons (Fsp3) is 0.273. The number of benzene rings is 2. The molecule has 0 unspecified atom stereocenters. The van der Waals surface area contributed by atoms with E-state index in [2.05, 4.69) is 77.6 Å². The molecular weight excluding hydrogens is 320 g/mol. The molecule has 4 nitrogen and oxygen atoms in total. The lowest BCUT2D eigenvalue weighted by Gasteiger charge is -2.30. The Morgan fingerprint density at radius 2 is 1.81 bits per heavy atom. The quantitative estimate of drug-likeness (QED) is 0.685. The van der Waals surface area contributed by atoms with Gasteiger partial charge in [-0.05, 0) is 54.2 Å². The number of aryl methyl sites for hydroxylation is 1. The Balaban J connectivity index is 1.58. The fourth-order valence-electron chi connectivity index (χ4n) is 3.41. The normalized spacial score (nSPS) is 13.6. The molecule has 1 aromatic heterocycles. The van der Waals surface area contributed by atoms with Crippen molar-refractivity contribution < 1.29 is 0 Å². The Kier molecular flexibility index (Phi) is 4.57. The summed E-state index contributed by atoms with van der Waals surface area (Å²) >= 11 is 0. The molecule has 1 N–H and O–H groups in total. The minimum Gasteiger partial charge on any atom is -0.326 e. The topological polar surface area (TPSA) is 41.1 Å². The van der Waals surface area contributed by atoms with Gasteiger partial charge in [-0.2, -0.15) is 4.98 Å². The van der Waals surface area contributed by atoms with Gasteiger partial charge in [0.2, 0.25) is 5.95 Å². The SMILES string of the molecule is CC(C)c1ccc(Nc2nccc(N3CCCc4ccccc43)n2)cc1. The molecule has 0 aliphatic carbocycles. The minimum atomic E-state index is 0.530. The van der Waals surface area contributed by atoms with Crippen LogP contribution in [0.25, 0.3) is 0 Å². The van der Waals surface area contributed by atoms with Crippen molar-refractivity contribution in [2.24, 2.45) is 0 Å². The second-order valence-corrected chi connectivity index (χ2v) is 7.02. The zero-order valence-electron chi connectivity index (χ0n) is 15.3. The Bertz CT molecular complexity index is 887. The van der Waals surface area contributed by atoms with Gasteiger partial charge in [0.15, 0.2) is 0 Å². The average Bonchev–Trinajstić information content (AvgIpc) is 2.68. The molecule has 132 valence electrons. The summed E-state index contributed by atoms with van der Waals surface area (Å²) in [5, 5.41) is 3.32. The number of aromatic nitrogens is 2. The Morgan fingerprint density at radius 1 is 1.00 bits per heavy atom. The van der Waals surface area contributed by atoms with Gasteiger partial charge in [-0.1, -0.05) is 44.2 Å². The zero-order valence-corrected chi connectivity index (χ0v) is 15.3. The summed E-state index contributed by atoms with van der Waals surface area (Å²) in [6.07, 6.45) is 4.09. The smallest absolute Gasteiger partial charge is 0.229 e. The van der Waals surface area contributed by atoms with Crippen LogP contribution >= 0.6 is 0 Å². The van der Waals surface area contributed by atoms with Gasteiger partial charge in [-0.3, -0.25) is 0 Å². The number of anilines is 4. The van der Waals surface area contributed by atoms with Crippen molar-refractivity contribution >= 4 is 23.1 Å². The highest BCUT2D eigenvalue weighted by atomic mass is 15.2. The number of para-hydroxylation sites is 1. The van der Waals surface area contributed by atoms with E-state index in [1.807, 2.05) is 12.3 Å². The van der Waals surface area contributed by atoms with Crippen LogP contribution in [0.2, 0.25) is 0 Å². The largest absolute Gasteiger partial charge is 0.326 e. The molecular formula is C22H24N4. The van der Waals surface area contributed by atoms with Gasteiger partial charge in [0, 0.05) is 24.1 Å². The third-order valence-corrected chi connectivity index (χ3v) is 4.86. The Morgan fingerprint density at radius 3 is 2.62 bits per heavy atom. The number of fused-ring (bicyclic) bond motifs is 1. The highest BCUT2D eigenvalue weighted by Crippen LogP contribution is 2.32. The van der Waals surface area contributed by atoms with Crippen LogP contribution in [0.4, 0.5) is 23.1 Å². The van der Waals surface area contributed by atoms with Crippen molar-refractivity contribution in [3.8, 4) is 0 Å². The Hall–Kier alpha value is -2.88. The van der Waals surface area contributed by atoms with Crippen molar-refractivity contribution in [3.05, 3.63) is 71.9 Å². The van der Waals surface area contributed by atoms with Gasteiger partial charge < -0.3 is 10.2 Å². The van der Waals surface area contributed by atoms with Crippen LogP contribution in [0.5, 0.6) is 0 Å². The number of hydrogen-bond donors (Lipinski definition) is 1. The molecule has 0 amide bonds. The van der Waals surface area contributed by atoms with Crippen molar-refractivity contribution in [2.75, 3.05) is 16.8 Å². The van der Waals surface area contributed by atoms with Gasteiger partial charge in [-0.15, -0.1) is 0 Å². The maximum atomic E-state index is 4.75. The van der Waals surface area contributed by atoms with Crippen LogP contribution in [0, 0.1) is 0 Å². The van der Waals surface area contributed by atoms with E-state index >= 15 is 0 Å². The van der Waals surface area contributed by atoms with Gasteiger partial charge >= 0.3 is 0 Å². The molecule has 0 spiro atoms. The number of nitrogens with zero attached hydrogens (tertiary/aromatic N) is 3. The predicted molar refractivity (Wildman–Crippen MR) is 108 cm³/mol. The lowest BCUT2D eigenvalue weighted by molar-refractivity contribution is 0.759. The van der Waals surface area contributed by atoms with Crippen molar-refractivity contribution in [2.45, 2.75) is 32.6 Å². The van der Waals surface area contributed by atoms with Crippen molar-refractivity contribution in [3.63, 3.8) is 0 Å². The monoisotopic (exact) mass is 344 g/mol. The van der Waals surface area contributed by atoms with Gasteiger partial charge in [0.25, 0.3) is 0 Å². The highest BCUT2D eigenvalue weighted by Gasteiger charge is 2.19. The zero-order chi connectivity index (χ0) is 17.9. The average molecular weight is 344 g/mol. The van der Waals surface area contributed by atoms with Gasteiger partial charge in [0.05, 0.1) is 0 Å². The molecule has 26 heavy (non-hydrogen) atoms. The summed E-state index contributed by atoms with van der Waals surface area (Å²) in [5.74, 6) is 2.10. The second-order valence-electron chi connectivity index (χ2n) is 7.02. The van der Waals surface area contributed by atoms with Crippen LogP contribution < -0.4 is 10.2 Å². The number of rotatable bonds is 4. The van der Waals surface area contributed by atoms with Gasteiger partial charge in [-0.25, -0.2) is 4.98 Å². The summed E-state index contributed by atoms with van der Waals surface area (Å²) in [5.41, 5.74) is 4.97. The third-order valence-electron chi connectivity index (χ3n) is 4.86. The van der Waals surface area contributed by atoms with Crippen LogP contribution in [-0.4, -0.2) is 16.5 Å². The standard InChI is InChI=1S/C22H24N4/c1-16(2)17-9-11-19(12-10-17)24-22-23-14-13-21(25-22)26-15-5-7-18-6-3-4-8-20(18)26/h3-4,6,8-14,16H,5,7,15H2,1-2H3,(H,23,24,25). The maximum Gasteiger partial charge on any atom is 0.229 e. The molecule has 2 heterocycles. The minimum absolute atomic E-state index is 0.530. The summed E-state index contributed by atoms with van der Waals surface area (Å²) in [7, 11) is 0. The lowest BCUT2D eigenvalue weighted by atomic mass is 10.0. The summed E-state index contributed by atoms with van der Waals surface area (Å²) in [6.45, 7) is 5.38. The molecule has 0 bridgehead atoms. The molecule has 3 aromatic rings. The van der Waals surface area contributed by atoms with Crippen LogP contribution in [0.1, 0.15) is 37.3 Å². The first kappa shape index (κ1) is 16.6. The third kappa shape index (κ3) is 3.40. The summed E-state index contributed by atoms with van der Waals surface area (Å²) in [4.78, 5) is 11.4. The molecule has 0 saturated carbocycles. The van der Waals surface area contributed by atoms with E-state index in [9.17, 15) is 0 Å². The molecule has 0 saturated heterocycles. The summed E-state index contributed by atoms with van der Waals surface area (Å²) < 4.78 is 0. The second kappa shape index (κ2) is 7.16. The molecule has 4 rings (SSSR count). The first-order valence-corrected chi connectivity index (χ1v) is 9.26. The maximum absolute atomic E-state index is 4.75. The summed E-state index contributed by atoms with van der Waals surface area (Å²) in [6, 6.07) is 19.0. The molecule has 0 atom stereocenters. The highest BCUT2D eigenvalue weighted by molar-refractivity contribution is 5.66. The van der Waals surface area contributed by atoms with Crippen molar-refractivity contribution in [1.82, 2.24) is 9.97 Å². The number of hydrogen-bond acceptors (Lipinski definition) is 4. The van der Waals surface area contributed by atoms with Crippen LogP contribution in [0.3, 0.4) is 0 Å². The van der Waals surface area contributed by atoms with E-state index in [1.165, 1.54) is 16.8 Å². The van der Waals surface area contributed by atoms with Crippen LogP contribution in [-0.2, 0) is 6.42 Å². The Labute approximate surface area is 154 Å². The van der Waals surface area contributed by atoms with Crippen molar-refractivity contribution in [1.29, 1.82) is 0 Å². The molecule has 0 radical (unpaired) electrons. The van der Waals surface area contributed by atoms with E-state index in [-0.39, 0.29) is 0 Å². The first-order valence-electron chi connectivity index (χ1n) is 9.26. The first-order chi connectivity index (χ1) is 12.7. The van der Waals surface area contributed by atoms with Crippen LogP contribution in [0.15, 0.2) is 60.8 Å². The number of nitrogens with one attached hydrogen (secondary N) is 1. The molecule has 4 heteroatoms. The lowest BCUT2D eigenvalue weighted by Crippen LogP contribution is -2.25. The molecule has 0 fully saturated rings. The van der Waals surface area contributed by atoms with E-state index in [4.69, 9.17) is 4.98 Å². The van der Waals surface area contributed by atoms with E-state index in [0.29, 0.717) is 11.9 Å². The van der Waals surface area contributed by atoms with E-state index in [0.717, 1.165) is 30.9 Å². The molecule has 2 aromatic carbocycles. The predicted octanol–water partition coefficient (Wildman–Crippen LogP) is 5.43.